The van der Waals surface area contributed by atoms with E-state index >= 15 is 0 Å². The number of ether oxygens (including phenoxy) is 2. The van der Waals surface area contributed by atoms with E-state index in [1.165, 1.54) is 22.9 Å². The molecule has 1 N–H and O–H groups in total. The van der Waals surface area contributed by atoms with Gasteiger partial charge in [0.15, 0.2) is 16.7 Å². The first-order valence-electron chi connectivity index (χ1n) is 9.35. The fourth-order valence-electron chi connectivity index (χ4n) is 2.93. The molecule has 152 valence electrons. The fourth-order valence-corrected chi connectivity index (χ4v) is 3.72. The molecule has 0 bridgehead atoms. The zero-order chi connectivity index (χ0) is 20.6. The molecule has 1 heterocycles. The Kier molecular flexibility index (Phi) is 7.19. The van der Waals surface area contributed by atoms with Crippen LogP contribution in [0.3, 0.4) is 0 Å². The summed E-state index contributed by atoms with van der Waals surface area (Å²) < 4.78 is 12.9. The van der Waals surface area contributed by atoms with Gasteiger partial charge >= 0.3 is 0 Å². The number of nitrogens with one attached hydrogen (secondary N) is 1. The Bertz CT molecular complexity index is 971. The topological polar surface area (TPSA) is 65.4 Å². The summed E-state index contributed by atoms with van der Waals surface area (Å²) in [6, 6.07) is 13.7. The number of hydrogen-bond donors (Lipinski definition) is 1. The monoisotopic (exact) mass is 411 g/mol. The van der Waals surface area contributed by atoms with Gasteiger partial charge in [0.25, 0.3) is 0 Å². The Morgan fingerprint density at radius 2 is 1.97 bits per heavy atom. The van der Waals surface area contributed by atoms with Crippen molar-refractivity contribution in [1.82, 2.24) is 14.9 Å². The lowest BCUT2D eigenvalue weighted by molar-refractivity contribution is -0.118. The Morgan fingerprint density at radius 1 is 1.17 bits per heavy atom. The van der Waals surface area contributed by atoms with E-state index in [0.29, 0.717) is 24.7 Å². The molecule has 6 nitrogen and oxygen atoms in total. The average Bonchev–Trinajstić information content (AvgIpc) is 3.18. The van der Waals surface area contributed by atoms with Gasteiger partial charge in [0.05, 0.1) is 25.1 Å². The molecular weight excluding hydrogens is 386 g/mol. The predicted octanol–water partition coefficient (Wildman–Crippen LogP) is 3.79. The molecule has 1 amide bonds. The highest BCUT2D eigenvalue weighted by molar-refractivity contribution is 7.99. The molecule has 0 aliphatic heterocycles. The zero-order valence-corrected chi connectivity index (χ0v) is 17.7. The molecule has 0 fully saturated rings. The van der Waals surface area contributed by atoms with E-state index in [9.17, 15) is 4.79 Å². The molecule has 0 saturated carbocycles. The van der Waals surface area contributed by atoms with Gasteiger partial charge in [-0.25, -0.2) is 4.98 Å². The minimum Gasteiger partial charge on any atom is -0.493 e. The Morgan fingerprint density at radius 3 is 2.72 bits per heavy atom. The number of carbonyl (C=O) groups excluding carboxylic acids is 1. The molecule has 0 atom stereocenters. The number of aryl methyl sites for hydroxylation is 2. The number of rotatable bonds is 9. The van der Waals surface area contributed by atoms with Crippen LogP contribution in [0.4, 0.5) is 0 Å². The van der Waals surface area contributed by atoms with Crippen LogP contribution in [-0.4, -0.2) is 41.5 Å². The number of nitrogens with zero attached hydrogens (tertiary/aromatic N) is 2. The van der Waals surface area contributed by atoms with Crippen molar-refractivity contribution < 1.29 is 14.3 Å². The summed E-state index contributed by atoms with van der Waals surface area (Å²) >= 11 is 1.41. The molecule has 2 aromatic carbocycles. The van der Waals surface area contributed by atoms with Crippen LogP contribution >= 0.6 is 11.8 Å². The third kappa shape index (κ3) is 5.54. The van der Waals surface area contributed by atoms with E-state index in [0.717, 1.165) is 10.8 Å². The smallest absolute Gasteiger partial charge is 0.230 e. The summed E-state index contributed by atoms with van der Waals surface area (Å²) in [6.07, 6.45) is 3.67. The van der Waals surface area contributed by atoms with Crippen molar-refractivity contribution >= 4 is 17.7 Å². The van der Waals surface area contributed by atoms with E-state index in [2.05, 4.69) is 42.3 Å². The van der Waals surface area contributed by atoms with Crippen molar-refractivity contribution in [3.05, 3.63) is 66.0 Å². The van der Waals surface area contributed by atoms with Gasteiger partial charge in [0, 0.05) is 12.4 Å². The molecule has 1 aromatic heterocycles. The number of para-hydroxylation sites is 2. The van der Waals surface area contributed by atoms with Gasteiger partial charge in [-0.2, -0.15) is 0 Å². The van der Waals surface area contributed by atoms with Gasteiger partial charge in [-0.1, -0.05) is 41.6 Å². The van der Waals surface area contributed by atoms with Crippen molar-refractivity contribution in [2.24, 2.45) is 0 Å². The van der Waals surface area contributed by atoms with E-state index < -0.39 is 0 Å². The molecule has 3 aromatic rings. The van der Waals surface area contributed by atoms with Crippen LogP contribution in [0.5, 0.6) is 11.5 Å². The molecular formula is C22H25N3O3S. The van der Waals surface area contributed by atoms with Crippen molar-refractivity contribution in [2.45, 2.75) is 19.0 Å². The van der Waals surface area contributed by atoms with Crippen LogP contribution < -0.4 is 14.8 Å². The lowest BCUT2D eigenvalue weighted by Gasteiger charge is -2.12. The molecule has 7 heteroatoms. The quantitative estimate of drug-likeness (QED) is 0.429. The molecule has 0 aliphatic carbocycles. The SMILES string of the molecule is COc1ccccc1OCCNC(=O)CSc1nccn1-c1ccc(C)cc1C. The number of amides is 1. The summed E-state index contributed by atoms with van der Waals surface area (Å²) in [5, 5.41) is 3.66. The highest BCUT2D eigenvalue weighted by atomic mass is 32.2. The van der Waals surface area contributed by atoms with E-state index in [-0.39, 0.29) is 11.7 Å². The number of methoxy groups -OCH3 is 1. The third-order valence-electron chi connectivity index (χ3n) is 4.30. The maximum absolute atomic E-state index is 12.2. The van der Waals surface area contributed by atoms with Crippen LogP contribution in [-0.2, 0) is 4.79 Å². The normalized spacial score (nSPS) is 10.6. The zero-order valence-electron chi connectivity index (χ0n) is 16.8. The molecule has 0 saturated heterocycles. The standard InChI is InChI=1S/C22H25N3O3S/c1-16-8-9-18(17(2)14-16)25-12-10-24-22(25)29-15-21(26)23-11-13-28-20-7-5-4-6-19(20)27-3/h4-10,12,14H,11,13,15H2,1-3H3,(H,23,26). The van der Waals surface area contributed by atoms with Crippen molar-refractivity contribution in [3.63, 3.8) is 0 Å². The Balaban J connectivity index is 1.47. The van der Waals surface area contributed by atoms with Crippen molar-refractivity contribution in [3.8, 4) is 17.2 Å². The van der Waals surface area contributed by atoms with Gasteiger partial charge in [0.1, 0.15) is 6.61 Å². The highest BCUT2D eigenvalue weighted by Crippen LogP contribution is 2.25. The fraction of sp³-hybridized carbons (Fsp3) is 0.273. The Labute approximate surface area is 175 Å². The third-order valence-corrected chi connectivity index (χ3v) is 5.27. The van der Waals surface area contributed by atoms with E-state index in [1.807, 2.05) is 35.0 Å². The van der Waals surface area contributed by atoms with Gasteiger partial charge in [-0.05, 0) is 37.6 Å². The van der Waals surface area contributed by atoms with Gasteiger partial charge in [0.2, 0.25) is 5.91 Å². The largest absolute Gasteiger partial charge is 0.493 e. The summed E-state index contributed by atoms with van der Waals surface area (Å²) in [6.45, 7) is 4.93. The molecule has 0 unspecified atom stereocenters. The molecule has 0 radical (unpaired) electrons. The van der Waals surface area contributed by atoms with E-state index in [1.54, 1.807) is 13.3 Å². The van der Waals surface area contributed by atoms with Gasteiger partial charge < -0.3 is 14.8 Å². The van der Waals surface area contributed by atoms with Crippen molar-refractivity contribution in [1.29, 1.82) is 0 Å². The second-order valence-electron chi connectivity index (χ2n) is 6.51. The molecule has 0 aliphatic rings. The van der Waals surface area contributed by atoms with Crippen LogP contribution in [0, 0.1) is 13.8 Å². The number of carbonyl (C=O) groups is 1. The number of thioether (sulfide) groups is 1. The first-order valence-corrected chi connectivity index (χ1v) is 10.3. The van der Waals surface area contributed by atoms with Gasteiger partial charge in [-0.3, -0.25) is 9.36 Å². The number of aromatic nitrogens is 2. The van der Waals surface area contributed by atoms with Crippen LogP contribution in [0.1, 0.15) is 11.1 Å². The second-order valence-corrected chi connectivity index (χ2v) is 7.45. The average molecular weight is 412 g/mol. The first kappa shape index (κ1) is 20.8. The summed E-state index contributed by atoms with van der Waals surface area (Å²) in [4.78, 5) is 16.6. The number of benzene rings is 2. The molecule has 29 heavy (non-hydrogen) atoms. The number of hydrogen-bond acceptors (Lipinski definition) is 5. The van der Waals surface area contributed by atoms with Crippen LogP contribution in [0.15, 0.2) is 60.0 Å². The minimum atomic E-state index is -0.0613. The van der Waals surface area contributed by atoms with Crippen molar-refractivity contribution in [2.75, 3.05) is 26.0 Å². The van der Waals surface area contributed by atoms with Crippen LogP contribution in [0.2, 0.25) is 0 Å². The summed E-state index contributed by atoms with van der Waals surface area (Å²) in [5.41, 5.74) is 3.46. The van der Waals surface area contributed by atoms with E-state index in [4.69, 9.17) is 9.47 Å². The molecule has 0 spiro atoms. The summed E-state index contributed by atoms with van der Waals surface area (Å²) in [7, 11) is 1.60. The second kappa shape index (κ2) is 10.0. The summed E-state index contributed by atoms with van der Waals surface area (Å²) in [5.74, 6) is 1.56. The maximum Gasteiger partial charge on any atom is 0.230 e. The van der Waals surface area contributed by atoms with Gasteiger partial charge in [-0.15, -0.1) is 0 Å². The lowest BCUT2D eigenvalue weighted by Crippen LogP contribution is -2.29. The lowest BCUT2D eigenvalue weighted by atomic mass is 10.1. The minimum absolute atomic E-state index is 0.0613. The first-order chi connectivity index (χ1) is 14.1. The highest BCUT2D eigenvalue weighted by Gasteiger charge is 2.11. The maximum atomic E-state index is 12.2. The van der Waals surface area contributed by atoms with Crippen LogP contribution in [0.25, 0.3) is 5.69 Å². The number of imidazole rings is 1. The predicted molar refractivity (Wildman–Crippen MR) is 115 cm³/mol. The molecule has 3 rings (SSSR count). The Hall–Kier alpha value is -2.93.